The molecule has 0 saturated carbocycles. The Balaban J connectivity index is 1.91. The lowest BCUT2D eigenvalue weighted by atomic mass is 9.80. The minimum absolute atomic E-state index is 0.00438. The van der Waals surface area contributed by atoms with Crippen LogP contribution in [-0.4, -0.2) is 26.8 Å². The summed E-state index contributed by atoms with van der Waals surface area (Å²) in [5.74, 6) is -0.456. The fourth-order valence-corrected chi connectivity index (χ4v) is 5.95. The van der Waals surface area contributed by atoms with E-state index in [1.165, 1.54) is 23.1 Å². The molecule has 6 nitrogen and oxygen atoms in total. The number of carbonyl (C=O) groups is 1. The van der Waals surface area contributed by atoms with Gasteiger partial charge in [0.1, 0.15) is 16.3 Å². The smallest absolute Gasteiger partial charge is 0.349 e. The molecule has 1 aliphatic rings. The molecule has 4 N–H and O–H groups in total. The van der Waals surface area contributed by atoms with Crippen LogP contribution < -0.4 is 5.73 Å². The molecule has 0 spiro atoms. The number of carbonyl (C=O) groups excluding carboxylic acids is 1. The zero-order valence-corrected chi connectivity index (χ0v) is 21.8. The van der Waals surface area contributed by atoms with Crippen LogP contribution in [0.1, 0.15) is 69.2 Å². The number of cyclic esters (lactones) is 1. The summed E-state index contributed by atoms with van der Waals surface area (Å²) in [4.78, 5) is 19.5. The van der Waals surface area contributed by atoms with E-state index in [4.69, 9.17) is 10.5 Å². The Morgan fingerprint density at radius 2 is 2.03 bits per heavy atom. The standard InChI is InChI=1S/C25H34N2O4S2/c1-14(2)25(8-7-18-21(12-28)32-13-27-18)11-19(29)22(23(30)31-25)33-20-9-15(3)17(26)10-16(20)24(4,5)6/h9-10,13-14,28-29H,7-8,11-12,26H2,1-6H3. The number of aryl methyl sites for hydroxylation is 2. The normalized spacial score (nSPS) is 19.3. The number of nitrogen functional groups attached to an aromatic ring is 1. The Morgan fingerprint density at radius 1 is 1.33 bits per heavy atom. The highest BCUT2D eigenvalue weighted by Crippen LogP contribution is 2.45. The van der Waals surface area contributed by atoms with E-state index in [1.54, 1.807) is 5.51 Å². The molecular weight excluding hydrogens is 456 g/mol. The Kier molecular flexibility index (Phi) is 7.51. The molecule has 0 radical (unpaired) electrons. The molecule has 2 heterocycles. The summed E-state index contributed by atoms with van der Waals surface area (Å²) >= 11 is 2.66. The second-order valence-corrected chi connectivity index (χ2v) is 12.0. The third-order valence-electron chi connectivity index (χ3n) is 6.30. The number of ether oxygens (including phenoxy) is 1. The Morgan fingerprint density at radius 3 is 2.61 bits per heavy atom. The predicted octanol–water partition coefficient (Wildman–Crippen LogP) is 5.66. The molecule has 0 bridgehead atoms. The molecular formula is C25H34N2O4S2. The van der Waals surface area contributed by atoms with E-state index >= 15 is 0 Å². The molecule has 3 rings (SSSR count). The van der Waals surface area contributed by atoms with Gasteiger partial charge < -0.3 is 20.7 Å². The van der Waals surface area contributed by atoms with Crippen molar-refractivity contribution in [3.8, 4) is 0 Å². The largest absolute Gasteiger partial charge is 0.511 e. The van der Waals surface area contributed by atoms with Crippen LogP contribution >= 0.6 is 23.1 Å². The SMILES string of the molecule is Cc1cc(SC2=C(O)CC(CCc3ncsc3CO)(C(C)C)OC2=O)c(C(C)(C)C)cc1N. The number of aliphatic hydroxyl groups excluding tert-OH is 2. The minimum atomic E-state index is -0.828. The number of rotatable bonds is 7. The number of esters is 1. The van der Waals surface area contributed by atoms with Gasteiger partial charge in [0.15, 0.2) is 0 Å². The van der Waals surface area contributed by atoms with Gasteiger partial charge in [-0.1, -0.05) is 46.4 Å². The molecule has 2 aromatic rings. The van der Waals surface area contributed by atoms with Gasteiger partial charge in [-0.05, 0) is 54.4 Å². The topological polar surface area (TPSA) is 106 Å². The Bertz CT molecular complexity index is 1070. The summed E-state index contributed by atoms with van der Waals surface area (Å²) in [7, 11) is 0. The zero-order chi connectivity index (χ0) is 24.6. The number of anilines is 1. The van der Waals surface area contributed by atoms with E-state index in [1.807, 2.05) is 32.9 Å². The number of nitrogens with two attached hydrogens (primary N) is 1. The molecule has 0 amide bonds. The van der Waals surface area contributed by atoms with Crippen LogP contribution in [0.5, 0.6) is 0 Å². The maximum atomic E-state index is 13.2. The van der Waals surface area contributed by atoms with E-state index in [0.29, 0.717) is 18.5 Å². The third kappa shape index (κ3) is 5.39. The van der Waals surface area contributed by atoms with Gasteiger partial charge in [-0.3, -0.25) is 0 Å². The number of thiazole rings is 1. The van der Waals surface area contributed by atoms with Crippen molar-refractivity contribution < 1.29 is 19.7 Å². The highest BCUT2D eigenvalue weighted by Gasteiger charge is 2.45. The molecule has 1 aromatic heterocycles. The lowest BCUT2D eigenvalue weighted by molar-refractivity contribution is -0.164. The maximum Gasteiger partial charge on any atom is 0.349 e. The summed E-state index contributed by atoms with van der Waals surface area (Å²) in [6, 6.07) is 3.92. The quantitative estimate of drug-likeness (QED) is 0.340. The summed E-state index contributed by atoms with van der Waals surface area (Å²) in [5, 5.41) is 20.6. The number of hydrogen-bond donors (Lipinski definition) is 3. The van der Waals surface area contributed by atoms with Crippen molar-refractivity contribution in [1.29, 1.82) is 0 Å². The van der Waals surface area contributed by atoms with Crippen molar-refractivity contribution in [2.24, 2.45) is 5.92 Å². The molecule has 0 fully saturated rings. The number of aromatic nitrogens is 1. The monoisotopic (exact) mass is 490 g/mol. The van der Waals surface area contributed by atoms with E-state index in [2.05, 4.69) is 25.8 Å². The molecule has 1 atom stereocenters. The zero-order valence-electron chi connectivity index (χ0n) is 20.2. The first kappa shape index (κ1) is 25.6. The second-order valence-electron chi connectivity index (χ2n) is 10.00. The first-order valence-corrected chi connectivity index (χ1v) is 12.8. The number of nitrogens with zero attached hydrogens (tertiary/aromatic N) is 1. The van der Waals surface area contributed by atoms with Gasteiger partial charge in [-0.15, -0.1) is 11.3 Å². The molecule has 1 unspecified atom stereocenters. The van der Waals surface area contributed by atoms with Crippen LogP contribution in [0.25, 0.3) is 0 Å². The van der Waals surface area contributed by atoms with Gasteiger partial charge in [-0.25, -0.2) is 9.78 Å². The maximum absolute atomic E-state index is 13.2. The number of thioether (sulfide) groups is 1. The van der Waals surface area contributed by atoms with Crippen LogP contribution in [0.15, 0.2) is 33.2 Å². The fourth-order valence-electron chi connectivity index (χ4n) is 4.03. The molecule has 1 aromatic carbocycles. The van der Waals surface area contributed by atoms with Crippen LogP contribution in [0.4, 0.5) is 5.69 Å². The summed E-state index contributed by atoms with van der Waals surface area (Å²) in [6.45, 7) is 12.1. The van der Waals surface area contributed by atoms with Crippen LogP contribution in [0.3, 0.4) is 0 Å². The van der Waals surface area contributed by atoms with E-state index in [0.717, 1.165) is 26.6 Å². The van der Waals surface area contributed by atoms with Gasteiger partial charge in [-0.2, -0.15) is 0 Å². The molecule has 1 aliphatic heterocycles. The lowest BCUT2D eigenvalue weighted by Crippen LogP contribution is -2.44. The molecule has 8 heteroatoms. The van der Waals surface area contributed by atoms with Gasteiger partial charge in [0.05, 0.1) is 22.7 Å². The van der Waals surface area contributed by atoms with Gasteiger partial charge in [0, 0.05) is 17.0 Å². The summed E-state index contributed by atoms with van der Waals surface area (Å²) in [6.07, 6.45) is 1.32. The van der Waals surface area contributed by atoms with E-state index < -0.39 is 11.6 Å². The minimum Gasteiger partial charge on any atom is -0.511 e. The van der Waals surface area contributed by atoms with Crippen molar-refractivity contribution >= 4 is 34.8 Å². The average molecular weight is 491 g/mol. The van der Waals surface area contributed by atoms with E-state index in [9.17, 15) is 15.0 Å². The molecule has 180 valence electrons. The van der Waals surface area contributed by atoms with Crippen LogP contribution in [-0.2, 0) is 28.0 Å². The lowest BCUT2D eigenvalue weighted by Gasteiger charge is -2.40. The van der Waals surface area contributed by atoms with Gasteiger partial charge >= 0.3 is 5.97 Å². The van der Waals surface area contributed by atoms with Crippen molar-refractivity contribution in [2.75, 3.05) is 5.73 Å². The van der Waals surface area contributed by atoms with Crippen LogP contribution in [0.2, 0.25) is 0 Å². The van der Waals surface area contributed by atoms with E-state index in [-0.39, 0.29) is 35.0 Å². The number of benzene rings is 1. The van der Waals surface area contributed by atoms with Crippen molar-refractivity contribution in [3.63, 3.8) is 0 Å². The summed E-state index contributed by atoms with van der Waals surface area (Å²) in [5.41, 5.74) is 10.3. The van der Waals surface area contributed by atoms with Gasteiger partial charge in [0.25, 0.3) is 0 Å². The number of aliphatic hydroxyl groups is 2. The van der Waals surface area contributed by atoms with Gasteiger partial charge in [0.2, 0.25) is 0 Å². The number of hydrogen-bond acceptors (Lipinski definition) is 8. The highest BCUT2D eigenvalue weighted by atomic mass is 32.2. The van der Waals surface area contributed by atoms with Crippen molar-refractivity contribution in [3.05, 3.63) is 50.0 Å². The third-order valence-corrected chi connectivity index (χ3v) is 8.33. The molecule has 0 aliphatic carbocycles. The Labute approximate surface area is 204 Å². The van der Waals surface area contributed by atoms with Crippen LogP contribution in [0, 0.1) is 12.8 Å². The van der Waals surface area contributed by atoms with Crippen molar-refractivity contribution in [2.45, 2.75) is 83.3 Å². The predicted molar refractivity (Wildman–Crippen MR) is 134 cm³/mol. The average Bonchev–Trinajstić information content (AvgIpc) is 3.18. The molecule has 33 heavy (non-hydrogen) atoms. The highest BCUT2D eigenvalue weighted by molar-refractivity contribution is 8.04. The van der Waals surface area contributed by atoms with Crippen molar-refractivity contribution in [1.82, 2.24) is 4.98 Å². The molecule has 0 saturated heterocycles. The first-order chi connectivity index (χ1) is 15.4. The first-order valence-electron chi connectivity index (χ1n) is 11.1. The Hall–Kier alpha value is -2.03. The fraction of sp³-hybridized carbons (Fsp3) is 0.520. The second kappa shape index (κ2) is 9.68. The summed E-state index contributed by atoms with van der Waals surface area (Å²) < 4.78 is 6.05.